The maximum absolute atomic E-state index is 14.5. The largest absolute Gasteiger partial charge is 0.353 e. The van der Waals surface area contributed by atoms with Gasteiger partial charge in [0.05, 0.1) is 47.2 Å². The number of pyridine rings is 3. The first-order valence-electron chi connectivity index (χ1n) is 11.9. The number of aromatic amines is 2. The number of rotatable bonds is 6. The summed E-state index contributed by atoms with van der Waals surface area (Å²) in [5.74, 6) is -0.456. The van der Waals surface area contributed by atoms with Crippen LogP contribution in [0.3, 0.4) is 0 Å². The van der Waals surface area contributed by atoms with E-state index < -0.39 is 0 Å². The summed E-state index contributed by atoms with van der Waals surface area (Å²) >= 11 is 0. The van der Waals surface area contributed by atoms with Gasteiger partial charge in [0, 0.05) is 39.8 Å². The molecule has 0 radical (unpaired) electrons. The van der Waals surface area contributed by atoms with E-state index in [1.54, 1.807) is 47.9 Å². The van der Waals surface area contributed by atoms with Crippen molar-refractivity contribution in [2.45, 2.75) is 0 Å². The van der Waals surface area contributed by atoms with Crippen LogP contribution < -0.4 is 5.32 Å². The van der Waals surface area contributed by atoms with E-state index in [9.17, 15) is 9.18 Å². The Morgan fingerprint density at radius 2 is 1.82 bits per heavy atom. The quantitative estimate of drug-likeness (QED) is 0.297. The van der Waals surface area contributed by atoms with Gasteiger partial charge in [-0.2, -0.15) is 5.10 Å². The molecule has 6 aromatic rings. The molecule has 188 valence electrons. The van der Waals surface area contributed by atoms with E-state index in [1.807, 2.05) is 38.4 Å². The monoisotopic (exact) mass is 506 g/mol. The fourth-order valence-electron chi connectivity index (χ4n) is 4.47. The van der Waals surface area contributed by atoms with Crippen molar-refractivity contribution < 1.29 is 9.18 Å². The summed E-state index contributed by atoms with van der Waals surface area (Å²) in [6.07, 6.45) is 6.68. The molecule has 5 aromatic heterocycles. The molecule has 38 heavy (non-hydrogen) atoms. The number of carbonyl (C=O) groups is 1. The molecular formula is C28H23FN8O. The smallest absolute Gasteiger partial charge is 0.238 e. The normalized spacial score (nSPS) is 11.5. The molecule has 1 amide bonds. The van der Waals surface area contributed by atoms with E-state index in [-0.39, 0.29) is 18.3 Å². The molecule has 0 saturated heterocycles. The molecule has 0 atom stereocenters. The second-order valence-electron chi connectivity index (χ2n) is 9.22. The third kappa shape index (κ3) is 4.37. The number of aromatic nitrogens is 6. The van der Waals surface area contributed by atoms with Gasteiger partial charge in [-0.1, -0.05) is 12.1 Å². The zero-order chi connectivity index (χ0) is 26.2. The van der Waals surface area contributed by atoms with Crippen molar-refractivity contribution in [3.63, 3.8) is 0 Å². The van der Waals surface area contributed by atoms with Gasteiger partial charge < -0.3 is 15.2 Å². The highest BCUT2D eigenvalue weighted by atomic mass is 19.1. The molecule has 0 saturated carbocycles. The first-order valence-corrected chi connectivity index (χ1v) is 11.9. The molecule has 1 aromatic carbocycles. The Kier molecular flexibility index (Phi) is 5.85. The topological polar surface area (TPSA) is 115 Å². The molecule has 0 aliphatic rings. The SMILES string of the molecule is CN(C)CC(=O)Nc1cncc(-c2cc3c(-c4cc5c(-c6ccccc6F)nccc5[nH]4)n[nH]c3cn2)c1. The molecule has 0 fully saturated rings. The van der Waals surface area contributed by atoms with Gasteiger partial charge in [0.2, 0.25) is 5.91 Å². The Hall–Kier alpha value is -4.96. The van der Waals surface area contributed by atoms with Crippen LogP contribution in [-0.4, -0.2) is 61.6 Å². The molecule has 0 aliphatic heterocycles. The number of hydrogen-bond acceptors (Lipinski definition) is 6. The van der Waals surface area contributed by atoms with Crippen LogP contribution in [0, 0.1) is 5.82 Å². The standard InChI is InChI=1S/C28H23FN8O/c1-37(2)15-26(38)33-17-9-16(12-30-13-17)23-10-20-25(14-32-23)35-36-28(20)24-11-19-22(34-24)7-8-31-27(19)18-5-3-4-6-21(18)29/h3-14,34H,15H2,1-2H3,(H,33,38)(H,35,36). The summed E-state index contributed by atoms with van der Waals surface area (Å²) in [5.41, 5.74) is 6.07. The number of likely N-dealkylation sites (N-methyl/N-ethyl adjacent to an activating group) is 1. The van der Waals surface area contributed by atoms with Crippen LogP contribution >= 0.6 is 0 Å². The van der Waals surface area contributed by atoms with Gasteiger partial charge in [0.15, 0.2) is 0 Å². The maximum atomic E-state index is 14.5. The fraction of sp³-hybridized carbons (Fsp3) is 0.107. The zero-order valence-electron chi connectivity index (χ0n) is 20.7. The number of H-pyrrole nitrogens is 2. The first kappa shape index (κ1) is 23.4. The Labute approximate surface area is 216 Å². The van der Waals surface area contributed by atoms with E-state index in [2.05, 4.69) is 35.5 Å². The van der Waals surface area contributed by atoms with Crippen LogP contribution in [0.15, 0.2) is 73.3 Å². The van der Waals surface area contributed by atoms with Crippen LogP contribution in [0.1, 0.15) is 0 Å². The number of halogens is 1. The summed E-state index contributed by atoms with van der Waals surface area (Å²) in [7, 11) is 3.67. The molecule has 9 nitrogen and oxygen atoms in total. The van der Waals surface area contributed by atoms with Gasteiger partial charge in [0.25, 0.3) is 0 Å². The lowest BCUT2D eigenvalue weighted by atomic mass is 10.1. The van der Waals surface area contributed by atoms with E-state index >= 15 is 0 Å². The Morgan fingerprint density at radius 1 is 0.974 bits per heavy atom. The van der Waals surface area contributed by atoms with E-state index in [1.165, 1.54) is 6.07 Å². The third-order valence-corrected chi connectivity index (χ3v) is 6.16. The van der Waals surface area contributed by atoms with Gasteiger partial charge in [-0.3, -0.25) is 24.8 Å². The first-order chi connectivity index (χ1) is 18.5. The number of fused-ring (bicyclic) bond motifs is 2. The maximum Gasteiger partial charge on any atom is 0.238 e. The number of nitrogens with zero attached hydrogens (tertiary/aromatic N) is 5. The molecule has 0 spiro atoms. The van der Waals surface area contributed by atoms with Gasteiger partial charge >= 0.3 is 0 Å². The molecule has 3 N–H and O–H groups in total. The van der Waals surface area contributed by atoms with Crippen molar-refractivity contribution in [1.29, 1.82) is 0 Å². The summed E-state index contributed by atoms with van der Waals surface area (Å²) < 4.78 is 14.5. The van der Waals surface area contributed by atoms with Gasteiger partial charge in [-0.15, -0.1) is 0 Å². The highest BCUT2D eigenvalue weighted by molar-refractivity contribution is 6.00. The lowest BCUT2D eigenvalue weighted by Gasteiger charge is -2.10. The third-order valence-electron chi connectivity index (χ3n) is 6.16. The van der Waals surface area contributed by atoms with Crippen molar-refractivity contribution in [2.24, 2.45) is 0 Å². The molecule has 6 rings (SSSR count). The van der Waals surface area contributed by atoms with Gasteiger partial charge in [-0.25, -0.2) is 4.39 Å². The second-order valence-corrected chi connectivity index (χ2v) is 9.22. The average Bonchev–Trinajstić information content (AvgIpc) is 3.52. The minimum absolute atomic E-state index is 0.127. The van der Waals surface area contributed by atoms with Crippen molar-refractivity contribution >= 4 is 33.4 Å². The molecule has 10 heteroatoms. The van der Waals surface area contributed by atoms with Crippen molar-refractivity contribution in [1.82, 2.24) is 35.0 Å². The van der Waals surface area contributed by atoms with Crippen molar-refractivity contribution in [3.05, 3.63) is 79.1 Å². The lowest BCUT2D eigenvalue weighted by molar-refractivity contribution is -0.116. The van der Waals surface area contributed by atoms with Gasteiger partial charge in [-0.05, 0) is 50.5 Å². The van der Waals surface area contributed by atoms with E-state index in [0.29, 0.717) is 28.3 Å². The van der Waals surface area contributed by atoms with Crippen molar-refractivity contribution in [2.75, 3.05) is 26.0 Å². The van der Waals surface area contributed by atoms with Crippen LogP contribution in [0.5, 0.6) is 0 Å². The second kappa shape index (κ2) is 9.49. The minimum Gasteiger partial charge on any atom is -0.353 e. The minimum atomic E-state index is -0.329. The highest BCUT2D eigenvalue weighted by Crippen LogP contribution is 2.34. The number of amides is 1. The number of anilines is 1. The summed E-state index contributed by atoms with van der Waals surface area (Å²) in [5, 5.41) is 12.1. The van der Waals surface area contributed by atoms with Crippen LogP contribution in [-0.2, 0) is 4.79 Å². The van der Waals surface area contributed by atoms with E-state index in [4.69, 9.17) is 0 Å². The predicted molar refractivity (Wildman–Crippen MR) is 145 cm³/mol. The zero-order valence-corrected chi connectivity index (χ0v) is 20.7. The number of nitrogens with one attached hydrogen (secondary N) is 3. The summed E-state index contributed by atoms with van der Waals surface area (Å²) in [6.45, 7) is 0.269. The molecule has 0 unspecified atom stereocenters. The average molecular weight is 507 g/mol. The highest BCUT2D eigenvalue weighted by Gasteiger charge is 2.17. The molecule has 5 heterocycles. The molecular weight excluding hydrogens is 483 g/mol. The lowest BCUT2D eigenvalue weighted by Crippen LogP contribution is -2.27. The number of hydrogen-bond donors (Lipinski definition) is 3. The summed E-state index contributed by atoms with van der Waals surface area (Å²) in [4.78, 5) is 30.7. The Balaban J connectivity index is 1.39. The summed E-state index contributed by atoms with van der Waals surface area (Å²) in [6, 6.07) is 14.1. The van der Waals surface area contributed by atoms with Crippen LogP contribution in [0.2, 0.25) is 0 Å². The van der Waals surface area contributed by atoms with Crippen LogP contribution in [0.25, 0.3) is 55.7 Å². The fourth-order valence-corrected chi connectivity index (χ4v) is 4.47. The van der Waals surface area contributed by atoms with E-state index in [0.717, 1.165) is 33.1 Å². The Morgan fingerprint density at radius 3 is 2.66 bits per heavy atom. The van der Waals surface area contributed by atoms with Crippen molar-refractivity contribution in [3.8, 4) is 33.9 Å². The number of carbonyl (C=O) groups excluding carboxylic acids is 1. The van der Waals surface area contributed by atoms with Crippen LogP contribution in [0.4, 0.5) is 10.1 Å². The predicted octanol–water partition coefficient (Wildman–Crippen LogP) is 4.87. The molecule has 0 bridgehead atoms. The Bertz CT molecular complexity index is 1810. The van der Waals surface area contributed by atoms with Gasteiger partial charge in [0.1, 0.15) is 11.5 Å². The number of benzene rings is 1. The molecule has 0 aliphatic carbocycles.